The average molecular weight is 284 g/mol. The van der Waals surface area contributed by atoms with Crippen molar-refractivity contribution in [2.45, 2.75) is 57.0 Å². The van der Waals surface area contributed by atoms with E-state index in [2.05, 4.69) is 5.32 Å². The molecule has 0 saturated carbocycles. The summed E-state index contributed by atoms with van der Waals surface area (Å²) in [5.41, 5.74) is 0. The molecule has 0 radical (unpaired) electrons. The van der Waals surface area contributed by atoms with Crippen LogP contribution in [-0.4, -0.2) is 53.8 Å². The van der Waals surface area contributed by atoms with Crippen LogP contribution in [0.2, 0.25) is 0 Å². The van der Waals surface area contributed by atoms with Crippen LogP contribution in [0.4, 0.5) is 4.79 Å². The molecule has 2 saturated heterocycles. The summed E-state index contributed by atoms with van der Waals surface area (Å²) in [5.74, 6) is -0.791. The lowest BCUT2D eigenvalue weighted by atomic mass is 9.98. The maximum absolute atomic E-state index is 12.3. The normalized spacial score (nSPS) is 24.4. The summed E-state index contributed by atoms with van der Waals surface area (Å²) < 4.78 is 5.28. The summed E-state index contributed by atoms with van der Waals surface area (Å²) in [6, 6.07) is 0.227. The molecule has 2 rings (SSSR count). The molecule has 0 aromatic carbocycles. The van der Waals surface area contributed by atoms with Crippen LogP contribution in [0.15, 0.2) is 0 Å². The molecular weight excluding hydrogens is 260 g/mol. The summed E-state index contributed by atoms with van der Waals surface area (Å²) in [7, 11) is 0. The fraction of sp³-hybridized carbons (Fsp3) is 0.857. The number of piperidine rings is 1. The van der Waals surface area contributed by atoms with Crippen molar-refractivity contribution < 1.29 is 19.4 Å². The van der Waals surface area contributed by atoms with Gasteiger partial charge in [0.1, 0.15) is 0 Å². The lowest BCUT2D eigenvalue weighted by Crippen LogP contribution is -2.52. The van der Waals surface area contributed by atoms with E-state index in [4.69, 9.17) is 9.84 Å². The second kappa shape index (κ2) is 7.47. The number of carbonyl (C=O) groups excluding carboxylic acids is 1. The largest absolute Gasteiger partial charge is 0.481 e. The van der Waals surface area contributed by atoms with Crippen LogP contribution in [0.5, 0.6) is 0 Å². The van der Waals surface area contributed by atoms with Crippen molar-refractivity contribution in [3.05, 3.63) is 0 Å². The number of carboxylic acid groups (broad SMARTS) is 1. The first kappa shape index (κ1) is 15.1. The third kappa shape index (κ3) is 4.37. The van der Waals surface area contributed by atoms with Crippen molar-refractivity contribution in [1.29, 1.82) is 0 Å². The highest BCUT2D eigenvalue weighted by molar-refractivity contribution is 5.75. The standard InChI is InChI=1S/C14H24N2O4/c17-13(18)5-4-12-3-1-2-8-16(12)14(19)15-11-6-9-20-10-7-11/h11-12H,1-10H2,(H,15,19)(H,17,18). The lowest BCUT2D eigenvalue weighted by Gasteiger charge is -2.37. The first-order chi connectivity index (χ1) is 9.66. The Balaban J connectivity index is 1.85. The van der Waals surface area contributed by atoms with Crippen LogP contribution in [0.1, 0.15) is 44.9 Å². The van der Waals surface area contributed by atoms with Crippen molar-refractivity contribution in [3.8, 4) is 0 Å². The summed E-state index contributed by atoms with van der Waals surface area (Å²) in [6.07, 6.45) is 5.39. The number of rotatable bonds is 4. The van der Waals surface area contributed by atoms with E-state index in [0.717, 1.165) is 38.6 Å². The Morgan fingerprint density at radius 1 is 1.20 bits per heavy atom. The first-order valence-electron chi connectivity index (χ1n) is 7.53. The van der Waals surface area contributed by atoms with Crippen LogP contribution < -0.4 is 5.32 Å². The maximum atomic E-state index is 12.3. The molecule has 6 heteroatoms. The Morgan fingerprint density at radius 2 is 1.95 bits per heavy atom. The number of carbonyl (C=O) groups is 2. The van der Waals surface area contributed by atoms with Crippen molar-refractivity contribution in [2.24, 2.45) is 0 Å². The number of amides is 2. The quantitative estimate of drug-likeness (QED) is 0.821. The number of nitrogens with one attached hydrogen (secondary N) is 1. The van der Waals surface area contributed by atoms with Gasteiger partial charge in [-0.05, 0) is 38.5 Å². The molecule has 114 valence electrons. The average Bonchev–Trinajstić information content (AvgIpc) is 2.46. The van der Waals surface area contributed by atoms with Gasteiger partial charge in [0.05, 0.1) is 0 Å². The Hall–Kier alpha value is -1.30. The molecule has 2 N–H and O–H groups in total. The van der Waals surface area contributed by atoms with Gasteiger partial charge in [0.15, 0.2) is 0 Å². The molecule has 2 fully saturated rings. The van der Waals surface area contributed by atoms with E-state index >= 15 is 0 Å². The van der Waals surface area contributed by atoms with Crippen LogP contribution in [0, 0.1) is 0 Å². The third-order valence-electron chi connectivity index (χ3n) is 4.13. The van der Waals surface area contributed by atoms with Gasteiger partial charge < -0.3 is 20.1 Å². The summed E-state index contributed by atoms with van der Waals surface area (Å²) in [4.78, 5) is 24.9. The van der Waals surface area contributed by atoms with Gasteiger partial charge in [0, 0.05) is 38.3 Å². The summed E-state index contributed by atoms with van der Waals surface area (Å²) >= 11 is 0. The molecule has 2 heterocycles. The molecule has 0 aliphatic carbocycles. The molecular formula is C14H24N2O4. The van der Waals surface area contributed by atoms with E-state index in [9.17, 15) is 9.59 Å². The number of ether oxygens (including phenoxy) is 1. The minimum Gasteiger partial charge on any atom is -0.481 e. The number of hydrogen-bond donors (Lipinski definition) is 2. The molecule has 20 heavy (non-hydrogen) atoms. The van der Waals surface area contributed by atoms with Gasteiger partial charge in [0.25, 0.3) is 0 Å². The molecule has 0 bridgehead atoms. The molecule has 0 aromatic heterocycles. The number of nitrogens with zero attached hydrogens (tertiary/aromatic N) is 1. The topological polar surface area (TPSA) is 78.9 Å². The summed E-state index contributed by atoms with van der Waals surface area (Å²) in [5, 5.41) is 11.9. The molecule has 2 aliphatic rings. The van der Waals surface area contributed by atoms with Crippen molar-refractivity contribution in [3.63, 3.8) is 0 Å². The van der Waals surface area contributed by atoms with Gasteiger partial charge in [-0.2, -0.15) is 0 Å². The minimum absolute atomic E-state index is 0.0352. The van der Waals surface area contributed by atoms with Gasteiger partial charge in [-0.25, -0.2) is 4.79 Å². The molecule has 1 atom stereocenters. The predicted molar refractivity (Wildman–Crippen MR) is 73.6 cm³/mol. The van der Waals surface area contributed by atoms with Crippen LogP contribution >= 0.6 is 0 Å². The second-order valence-electron chi connectivity index (χ2n) is 5.61. The van der Waals surface area contributed by atoms with Crippen molar-refractivity contribution in [2.75, 3.05) is 19.8 Å². The highest BCUT2D eigenvalue weighted by Gasteiger charge is 2.28. The van der Waals surface area contributed by atoms with E-state index in [1.165, 1.54) is 0 Å². The monoisotopic (exact) mass is 284 g/mol. The molecule has 0 spiro atoms. The molecule has 2 amide bonds. The molecule has 2 aliphatic heterocycles. The number of likely N-dealkylation sites (tertiary alicyclic amines) is 1. The smallest absolute Gasteiger partial charge is 0.317 e. The highest BCUT2D eigenvalue weighted by Crippen LogP contribution is 2.21. The van der Waals surface area contributed by atoms with E-state index < -0.39 is 5.97 Å². The van der Waals surface area contributed by atoms with Gasteiger partial charge in [0.2, 0.25) is 0 Å². The highest BCUT2D eigenvalue weighted by atomic mass is 16.5. The Labute approximate surface area is 119 Å². The molecule has 0 aromatic rings. The third-order valence-corrected chi connectivity index (χ3v) is 4.13. The Morgan fingerprint density at radius 3 is 2.65 bits per heavy atom. The second-order valence-corrected chi connectivity index (χ2v) is 5.61. The van der Waals surface area contributed by atoms with Gasteiger partial charge in [-0.15, -0.1) is 0 Å². The predicted octanol–water partition coefficient (Wildman–Crippen LogP) is 1.59. The zero-order chi connectivity index (χ0) is 14.4. The van der Waals surface area contributed by atoms with E-state index in [1.807, 2.05) is 4.90 Å². The number of aliphatic carboxylic acids is 1. The maximum Gasteiger partial charge on any atom is 0.317 e. The summed E-state index contributed by atoms with van der Waals surface area (Å²) in [6.45, 7) is 2.14. The van der Waals surface area contributed by atoms with Crippen LogP contribution in [0.3, 0.4) is 0 Å². The minimum atomic E-state index is -0.791. The van der Waals surface area contributed by atoms with E-state index in [-0.39, 0.29) is 24.5 Å². The Bertz CT molecular complexity index is 342. The van der Waals surface area contributed by atoms with Gasteiger partial charge >= 0.3 is 12.0 Å². The fourth-order valence-corrected chi connectivity index (χ4v) is 2.96. The zero-order valence-corrected chi connectivity index (χ0v) is 11.8. The fourth-order valence-electron chi connectivity index (χ4n) is 2.96. The number of urea groups is 1. The van der Waals surface area contributed by atoms with Crippen molar-refractivity contribution in [1.82, 2.24) is 10.2 Å². The molecule has 6 nitrogen and oxygen atoms in total. The lowest BCUT2D eigenvalue weighted by molar-refractivity contribution is -0.137. The van der Waals surface area contributed by atoms with Crippen molar-refractivity contribution >= 4 is 12.0 Å². The van der Waals surface area contributed by atoms with Crippen LogP contribution in [-0.2, 0) is 9.53 Å². The first-order valence-corrected chi connectivity index (χ1v) is 7.53. The molecule has 1 unspecified atom stereocenters. The van der Waals surface area contributed by atoms with Crippen LogP contribution in [0.25, 0.3) is 0 Å². The number of hydrogen-bond acceptors (Lipinski definition) is 3. The van der Waals surface area contributed by atoms with E-state index in [1.54, 1.807) is 0 Å². The van der Waals surface area contributed by atoms with E-state index in [0.29, 0.717) is 19.6 Å². The SMILES string of the molecule is O=C(O)CCC1CCCCN1C(=O)NC1CCOCC1. The zero-order valence-electron chi connectivity index (χ0n) is 11.8. The number of carboxylic acids is 1. The van der Waals surface area contributed by atoms with Gasteiger partial charge in [-0.3, -0.25) is 4.79 Å². The Kier molecular flexibility index (Phi) is 5.64. The van der Waals surface area contributed by atoms with Gasteiger partial charge in [-0.1, -0.05) is 0 Å².